The molecule has 0 aromatic heterocycles. The quantitative estimate of drug-likeness (QED) is 0.0827. The first-order chi connectivity index (χ1) is 26.9. The predicted octanol–water partition coefficient (Wildman–Crippen LogP) is 13.2. The van der Waals surface area contributed by atoms with Crippen molar-refractivity contribution < 1.29 is 24.9 Å². The van der Waals surface area contributed by atoms with E-state index in [9.17, 15) is 20.1 Å². The van der Waals surface area contributed by atoms with E-state index in [-0.39, 0.29) is 16.8 Å². The molecule has 3 N–H and O–H groups in total. The largest absolute Gasteiger partial charge is 0.508 e. The minimum absolute atomic E-state index is 0.0764. The van der Waals surface area contributed by atoms with Crippen LogP contribution in [-0.4, -0.2) is 33.5 Å². The second-order valence-electron chi connectivity index (χ2n) is 15.9. The van der Waals surface area contributed by atoms with E-state index in [1.54, 1.807) is 19.1 Å². The van der Waals surface area contributed by atoms with E-state index in [4.69, 9.17) is 4.74 Å². The molecule has 0 aliphatic rings. The summed E-state index contributed by atoms with van der Waals surface area (Å²) in [5.41, 5.74) is 12.6. The van der Waals surface area contributed by atoms with E-state index < -0.39 is 5.60 Å². The molecule has 0 saturated heterocycles. The first-order valence-corrected chi connectivity index (χ1v) is 21.0. The minimum Gasteiger partial charge on any atom is -0.508 e. The molecule has 5 heteroatoms. The molecule has 0 fully saturated rings. The third-order valence-electron chi connectivity index (χ3n) is 12.7. The Kier molecular flexibility index (Phi) is 16.6. The Morgan fingerprint density at radius 2 is 0.895 bits per heavy atom. The van der Waals surface area contributed by atoms with E-state index in [0.717, 1.165) is 59.1 Å². The van der Waals surface area contributed by atoms with Crippen LogP contribution in [0.5, 0.6) is 11.5 Å². The molecule has 0 amide bonds. The summed E-state index contributed by atoms with van der Waals surface area (Å²) in [6.07, 6.45) is 8.92. The summed E-state index contributed by atoms with van der Waals surface area (Å²) in [6, 6.07) is 25.2. The van der Waals surface area contributed by atoms with Gasteiger partial charge in [-0.25, -0.2) is 4.79 Å². The van der Waals surface area contributed by atoms with Gasteiger partial charge in [0.05, 0.1) is 12.2 Å². The average molecular weight is 775 g/mol. The summed E-state index contributed by atoms with van der Waals surface area (Å²) in [5.74, 6) is 0.372. The van der Waals surface area contributed by atoms with E-state index in [1.807, 2.05) is 52.8 Å². The summed E-state index contributed by atoms with van der Waals surface area (Å²) in [4.78, 5) is 11.8. The fourth-order valence-corrected chi connectivity index (χ4v) is 8.55. The van der Waals surface area contributed by atoms with Crippen molar-refractivity contribution in [1.82, 2.24) is 0 Å². The molecule has 308 valence electrons. The number of aromatic hydroxyl groups is 2. The maximum Gasteiger partial charge on any atom is 0.331 e. The Bertz CT molecular complexity index is 2040. The van der Waals surface area contributed by atoms with Gasteiger partial charge >= 0.3 is 5.97 Å². The molecule has 0 unspecified atom stereocenters. The Labute approximate surface area is 344 Å². The molecular formula is C52H70O5. The molecule has 4 rings (SSSR count). The number of hydrogen-bond acceptors (Lipinski definition) is 5. The van der Waals surface area contributed by atoms with Crippen molar-refractivity contribution >= 4 is 17.1 Å². The average Bonchev–Trinajstić information content (AvgIpc) is 3.19. The number of allylic oxidation sites excluding steroid dienone is 2. The van der Waals surface area contributed by atoms with Gasteiger partial charge in [-0.15, -0.1) is 0 Å². The molecule has 0 atom stereocenters. The van der Waals surface area contributed by atoms with Crippen molar-refractivity contribution in [2.75, 3.05) is 6.61 Å². The highest BCUT2D eigenvalue weighted by atomic mass is 16.5. The van der Waals surface area contributed by atoms with Gasteiger partial charge in [-0.05, 0) is 172 Å². The predicted molar refractivity (Wildman–Crippen MR) is 240 cm³/mol. The molecule has 0 heterocycles. The summed E-state index contributed by atoms with van der Waals surface area (Å²) in [6.45, 7) is 27.3. The molecule has 0 saturated carbocycles. The standard InChI is InChI=1S/C27H38O2.C25H32O3/c1-8-26(29,9-2)18-21(7)24-14-12-22(16-19(24)5)27(10-3,11-4)23-13-15-25(28)20(6)17-23;1-7-25(8-2,21-11-13-23(26)19(6)15-21)20-10-12-22(17(4)14-20)18(5)16-24(27)28-9-3/h12-18,28-29H,8-11H2,1-7H3;10-16,26H,7-9H2,1-6H3/b21-18+;. The topological polar surface area (TPSA) is 87.0 Å². The summed E-state index contributed by atoms with van der Waals surface area (Å²) < 4.78 is 5.03. The van der Waals surface area contributed by atoms with Crippen LogP contribution in [0.1, 0.15) is 156 Å². The van der Waals surface area contributed by atoms with Crippen LogP contribution in [-0.2, 0) is 20.4 Å². The highest BCUT2D eigenvalue weighted by Crippen LogP contribution is 2.43. The number of esters is 1. The van der Waals surface area contributed by atoms with E-state index >= 15 is 0 Å². The Morgan fingerprint density at radius 3 is 1.21 bits per heavy atom. The molecule has 0 radical (unpaired) electrons. The SMILES string of the molecule is CCC(O)(/C=C(\C)c1ccc(C(CC)(CC)c2ccc(O)c(C)c2)cc1C)CC.CCOC(=O)C=C(C)c1ccc(C(CC)(CC)c2ccc(O)c(C)c2)cc1C. The molecule has 57 heavy (non-hydrogen) atoms. The highest BCUT2D eigenvalue weighted by molar-refractivity contribution is 5.91. The molecular weight excluding hydrogens is 705 g/mol. The van der Waals surface area contributed by atoms with Crippen molar-refractivity contribution in [3.63, 3.8) is 0 Å². The maximum atomic E-state index is 11.8. The fourth-order valence-electron chi connectivity index (χ4n) is 8.55. The molecule has 5 nitrogen and oxygen atoms in total. The monoisotopic (exact) mass is 775 g/mol. The number of carbonyl (C=O) groups is 1. The lowest BCUT2D eigenvalue weighted by atomic mass is 9.69. The smallest absolute Gasteiger partial charge is 0.331 e. The lowest BCUT2D eigenvalue weighted by Crippen LogP contribution is -2.26. The number of phenols is 2. The molecule has 4 aromatic carbocycles. The zero-order valence-electron chi connectivity index (χ0n) is 37.2. The summed E-state index contributed by atoms with van der Waals surface area (Å²) in [5, 5.41) is 30.6. The number of carbonyl (C=O) groups excluding carboxylic acids is 1. The highest BCUT2D eigenvalue weighted by Gasteiger charge is 2.33. The van der Waals surface area contributed by atoms with Gasteiger partial charge in [0.2, 0.25) is 0 Å². The number of phenolic OH excluding ortho intramolecular Hbond substituents is 2. The first-order valence-electron chi connectivity index (χ1n) is 21.0. The van der Waals surface area contributed by atoms with Crippen LogP contribution in [0.3, 0.4) is 0 Å². The van der Waals surface area contributed by atoms with Crippen molar-refractivity contribution in [3.8, 4) is 11.5 Å². The van der Waals surface area contributed by atoms with Gasteiger partial charge in [0.25, 0.3) is 0 Å². The number of benzene rings is 4. The minimum atomic E-state index is -0.741. The lowest BCUT2D eigenvalue weighted by molar-refractivity contribution is -0.137. The van der Waals surface area contributed by atoms with Crippen LogP contribution in [0.2, 0.25) is 0 Å². The number of aliphatic hydroxyl groups is 1. The van der Waals surface area contributed by atoms with Crippen molar-refractivity contribution in [2.24, 2.45) is 0 Å². The van der Waals surface area contributed by atoms with Crippen molar-refractivity contribution in [2.45, 2.75) is 145 Å². The van der Waals surface area contributed by atoms with Crippen LogP contribution in [0.15, 0.2) is 84.9 Å². The second-order valence-corrected chi connectivity index (χ2v) is 15.9. The normalized spacial score (nSPS) is 12.6. The lowest BCUT2D eigenvalue weighted by Gasteiger charge is -2.34. The van der Waals surface area contributed by atoms with Gasteiger partial charge in [-0.1, -0.05) is 102 Å². The molecule has 0 aliphatic heterocycles. The molecule has 0 aliphatic carbocycles. The molecule has 0 spiro atoms. The van der Waals surface area contributed by atoms with Crippen LogP contribution in [0, 0.1) is 27.7 Å². The van der Waals surface area contributed by atoms with Crippen LogP contribution in [0.25, 0.3) is 11.1 Å². The second kappa shape index (κ2) is 20.2. The van der Waals surface area contributed by atoms with E-state index in [1.165, 1.54) is 33.4 Å². The molecule has 0 bridgehead atoms. The Balaban J connectivity index is 0.000000306. The summed E-state index contributed by atoms with van der Waals surface area (Å²) >= 11 is 0. The maximum absolute atomic E-state index is 11.8. The zero-order chi connectivity index (χ0) is 42.7. The van der Waals surface area contributed by atoms with Gasteiger partial charge in [0.15, 0.2) is 0 Å². The number of hydrogen-bond donors (Lipinski definition) is 3. The Hall–Kier alpha value is -4.61. The van der Waals surface area contributed by atoms with E-state index in [0.29, 0.717) is 30.9 Å². The van der Waals surface area contributed by atoms with E-state index in [2.05, 4.69) is 103 Å². The fraction of sp³-hybridized carbons (Fsp3) is 0.442. The van der Waals surface area contributed by atoms with Crippen molar-refractivity contribution in [3.05, 3.63) is 141 Å². The Morgan fingerprint density at radius 1 is 0.544 bits per heavy atom. The third-order valence-corrected chi connectivity index (χ3v) is 12.7. The summed E-state index contributed by atoms with van der Waals surface area (Å²) in [7, 11) is 0. The van der Waals surface area contributed by atoms with Crippen LogP contribution in [0.4, 0.5) is 0 Å². The van der Waals surface area contributed by atoms with Gasteiger partial charge < -0.3 is 20.1 Å². The third kappa shape index (κ3) is 10.5. The van der Waals surface area contributed by atoms with Gasteiger partial charge in [-0.2, -0.15) is 0 Å². The number of rotatable bonds is 15. The number of aryl methyl sites for hydroxylation is 4. The van der Waals surface area contributed by atoms with Gasteiger partial charge in [0.1, 0.15) is 11.5 Å². The van der Waals surface area contributed by atoms with Gasteiger partial charge in [0, 0.05) is 16.9 Å². The van der Waals surface area contributed by atoms with Crippen LogP contribution < -0.4 is 0 Å². The van der Waals surface area contributed by atoms with Crippen LogP contribution >= 0.6 is 0 Å². The van der Waals surface area contributed by atoms with Crippen molar-refractivity contribution in [1.29, 1.82) is 0 Å². The zero-order valence-corrected chi connectivity index (χ0v) is 37.2. The molecule has 4 aromatic rings. The van der Waals surface area contributed by atoms with Gasteiger partial charge in [-0.3, -0.25) is 0 Å². The number of ether oxygens (including phenoxy) is 1. The first kappa shape index (κ1) is 46.8.